The van der Waals surface area contributed by atoms with E-state index in [4.69, 9.17) is 9.57 Å². The van der Waals surface area contributed by atoms with Gasteiger partial charge in [-0.15, -0.1) is 0 Å². The highest BCUT2D eigenvalue weighted by atomic mass is 19.1. The number of benzene rings is 1. The first-order valence-corrected chi connectivity index (χ1v) is 19.6. The number of hydrogen-bond donors (Lipinski definition) is 5. The van der Waals surface area contributed by atoms with Gasteiger partial charge in [-0.1, -0.05) is 56.4 Å². The van der Waals surface area contributed by atoms with Crippen LogP contribution in [-0.4, -0.2) is 107 Å². The van der Waals surface area contributed by atoms with E-state index < -0.39 is 83.3 Å². The summed E-state index contributed by atoms with van der Waals surface area (Å²) in [6.45, 7) is 8.25. The number of likely N-dealkylation sites (N-methyl/N-ethyl adjacent to an activating group) is 1. The van der Waals surface area contributed by atoms with Crippen molar-refractivity contribution < 1.29 is 52.9 Å². The second-order valence-corrected chi connectivity index (χ2v) is 15.1. The largest absolute Gasteiger partial charge is 0.508 e. The summed E-state index contributed by atoms with van der Waals surface area (Å²) < 4.78 is 20.4. The van der Waals surface area contributed by atoms with E-state index in [-0.39, 0.29) is 43.6 Å². The Morgan fingerprint density at radius 3 is 2.47 bits per heavy atom. The number of esters is 1. The van der Waals surface area contributed by atoms with Gasteiger partial charge in [0.05, 0.1) is 19.1 Å². The number of hydrazine groups is 1. The lowest BCUT2D eigenvalue weighted by Crippen LogP contribution is -2.62. The molecule has 322 valence electrons. The molecule has 1 aromatic rings. The van der Waals surface area contributed by atoms with Gasteiger partial charge in [0.15, 0.2) is 0 Å². The molecule has 2 aliphatic rings. The zero-order valence-corrected chi connectivity index (χ0v) is 34.8. The summed E-state index contributed by atoms with van der Waals surface area (Å²) in [6, 6.07) is -0.281. The number of nitrogens with zero attached hydrogens (tertiary/aromatic N) is 2. The van der Waals surface area contributed by atoms with Crippen molar-refractivity contribution in [3.8, 4) is 5.75 Å². The van der Waals surface area contributed by atoms with E-state index in [1.54, 1.807) is 64.2 Å². The minimum Gasteiger partial charge on any atom is -0.508 e. The lowest BCUT2D eigenvalue weighted by molar-refractivity contribution is -0.162. The fourth-order valence-corrected chi connectivity index (χ4v) is 6.44. The molecule has 59 heavy (non-hydrogen) atoms. The van der Waals surface area contributed by atoms with Gasteiger partial charge in [0, 0.05) is 45.0 Å². The molecule has 1 fully saturated rings. The van der Waals surface area contributed by atoms with Crippen LogP contribution in [0.4, 0.5) is 4.39 Å². The number of aliphatic hydroxyl groups is 1. The van der Waals surface area contributed by atoms with E-state index in [1.807, 2.05) is 0 Å². The molecule has 0 aromatic heterocycles. The molecule has 15 nitrogen and oxygen atoms in total. The van der Waals surface area contributed by atoms with Gasteiger partial charge in [-0.25, -0.2) is 14.9 Å². The Morgan fingerprint density at radius 2 is 1.81 bits per heavy atom. The number of halogens is 1. The number of phenols is 1. The van der Waals surface area contributed by atoms with E-state index in [1.165, 1.54) is 44.3 Å². The van der Waals surface area contributed by atoms with Gasteiger partial charge in [-0.3, -0.25) is 33.8 Å². The van der Waals surface area contributed by atoms with E-state index in [0.717, 1.165) is 17.2 Å². The highest BCUT2D eigenvalue weighted by molar-refractivity contribution is 5.93. The predicted molar refractivity (Wildman–Crippen MR) is 217 cm³/mol. The highest BCUT2D eigenvalue weighted by Gasteiger charge is 2.37. The number of ketones is 1. The molecule has 1 unspecified atom stereocenters. The van der Waals surface area contributed by atoms with Crippen LogP contribution in [0.2, 0.25) is 0 Å². The average Bonchev–Trinajstić information content (AvgIpc) is 3.18. The van der Waals surface area contributed by atoms with Crippen molar-refractivity contribution in [1.82, 2.24) is 26.1 Å². The Kier molecular flexibility index (Phi) is 18.9. The zero-order chi connectivity index (χ0) is 43.8. The van der Waals surface area contributed by atoms with Crippen molar-refractivity contribution in [2.45, 2.75) is 103 Å². The van der Waals surface area contributed by atoms with Gasteiger partial charge in [-0.2, -0.15) is 0 Å². The van der Waals surface area contributed by atoms with Gasteiger partial charge in [-0.05, 0) is 74.8 Å². The number of fused-ring (bicyclic) bond motifs is 2. The standard InChI is InChI=1S/C43H58FN5O10/c1-26(2)38-41(55)45-35(24-30-22-31(44)25-32(51)23-30)42(56)49-21-13-16-34(47-49)43(57)59-36(27(3)15-12-18-37(52)48(6)58-7)17-11-9-8-10-14-28(4)39(53)33(40(54)46-38)20-19-29(5)50/h8-12,14-15,18,22-23,25-26,33-36,38-39,47,51,53H,13,16-17,19-21,24H2,1-7H3,(H,45,55)(H,46,54)/b10-8+,11-9+,18-12+,27-15+,28-14+/t33-,34?,35+,36+,38+,39-/m1/s1. The van der Waals surface area contributed by atoms with Gasteiger partial charge < -0.3 is 30.4 Å². The summed E-state index contributed by atoms with van der Waals surface area (Å²) >= 11 is 0. The third-order valence-corrected chi connectivity index (χ3v) is 9.99. The number of Topliss-reactive ketones (excluding diaryl/α,β-unsaturated/α-hetero) is 1. The fourth-order valence-electron chi connectivity index (χ4n) is 6.44. The van der Waals surface area contributed by atoms with Crippen LogP contribution >= 0.6 is 0 Å². The third-order valence-electron chi connectivity index (χ3n) is 9.99. The lowest BCUT2D eigenvalue weighted by atomic mass is 9.89. The molecule has 2 heterocycles. The van der Waals surface area contributed by atoms with Crippen molar-refractivity contribution in [2.75, 3.05) is 20.7 Å². The summed E-state index contributed by atoms with van der Waals surface area (Å²) in [5.74, 6) is -6.16. The van der Waals surface area contributed by atoms with Crippen molar-refractivity contribution in [3.63, 3.8) is 0 Å². The molecular weight excluding hydrogens is 765 g/mol. The van der Waals surface area contributed by atoms with Gasteiger partial charge in [0.25, 0.3) is 11.8 Å². The Labute approximate surface area is 345 Å². The molecule has 4 amide bonds. The first-order chi connectivity index (χ1) is 27.9. The monoisotopic (exact) mass is 823 g/mol. The van der Waals surface area contributed by atoms with Crippen LogP contribution in [0.25, 0.3) is 0 Å². The first-order valence-electron chi connectivity index (χ1n) is 19.6. The van der Waals surface area contributed by atoms with Crippen LogP contribution in [0, 0.1) is 17.7 Å². The maximum atomic E-state index is 14.4. The lowest BCUT2D eigenvalue weighted by Gasteiger charge is -2.36. The quantitative estimate of drug-likeness (QED) is 0.100. The number of nitrogens with one attached hydrogen (secondary N) is 3. The Bertz CT molecular complexity index is 1820. The molecule has 1 saturated heterocycles. The topological polar surface area (TPSA) is 204 Å². The Balaban J connectivity index is 2.09. The van der Waals surface area contributed by atoms with E-state index in [0.29, 0.717) is 24.0 Å². The van der Waals surface area contributed by atoms with E-state index in [2.05, 4.69) is 16.1 Å². The van der Waals surface area contributed by atoms with Crippen LogP contribution in [0.5, 0.6) is 5.75 Å². The molecule has 3 rings (SSSR count). The molecule has 5 N–H and O–H groups in total. The van der Waals surface area contributed by atoms with E-state index >= 15 is 0 Å². The first kappa shape index (κ1) is 47.9. The fraction of sp³-hybridized carbons (Fsp3) is 0.488. The molecule has 6 atom stereocenters. The molecule has 2 aliphatic heterocycles. The van der Waals surface area contributed by atoms with Gasteiger partial charge >= 0.3 is 5.97 Å². The number of hydrogen-bond acceptors (Lipinski definition) is 11. The molecule has 0 spiro atoms. The maximum absolute atomic E-state index is 14.4. The predicted octanol–water partition coefficient (Wildman–Crippen LogP) is 3.44. The van der Waals surface area contributed by atoms with Crippen LogP contribution in [-0.2, 0) is 44.8 Å². The van der Waals surface area contributed by atoms with Crippen molar-refractivity contribution in [2.24, 2.45) is 11.8 Å². The normalized spacial score (nSPS) is 26.4. The summed E-state index contributed by atoms with van der Waals surface area (Å²) in [5.41, 5.74) is 4.13. The molecule has 0 saturated carbocycles. The second kappa shape index (κ2) is 23.2. The maximum Gasteiger partial charge on any atom is 0.325 e. The summed E-state index contributed by atoms with van der Waals surface area (Å²) in [7, 11) is 2.81. The van der Waals surface area contributed by atoms with Crippen molar-refractivity contribution in [1.29, 1.82) is 0 Å². The number of phenolic OH excluding ortho intramolecular Hbond substituents is 1. The molecule has 2 bridgehead atoms. The average molecular weight is 824 g/mol. The number of carbonyl (C=O) groups excluding carboxylic acids is 6. The molecule has 0 radical (unpaired) electrons. The minimum absolute atomic E-state index is 0.00363. The van der Waals surface area contributed by atoms with Crippen LogP contribution in [0.15, 0.2) is 78.0 Å². The number of hydroxylamine groups is 2. The molecule has 1 aromatic carbocycles. The van der Waals surface area contributed by atoms with E-state index in [9.17, 15) is 43.4 Å². The number of ether oxygens (including phenoxy) is 1. The molecular formula is C43H58FN5O10. The molecule has 16 heteroatoms. The second-order valence-electron chi connectivity index (χ2n) is 15.1. The summed E-state index contributed by atoms with van der Waals surface area (Å²) in [6.07, 6.45) is 11.4. The number of aliphatic hydroxyl groups excluding tert-OH is 1. The highest BCUT2D eigenvalue weighted by Crippen LogP contribution is 2.22. The minimum atomic E-state index is -1.37. The van der Waals surface area contributed by atoms with Gasteiger partial charge in [0.2, 0.25) is 11.8 Å². The number of cyclic esters (lactones) is 1. The summed E-state index contributed by atoms with van der Waals surface area (Å²) in [4.78, 5) is 85.0. The van der Waals surface area contributed by atoms with Crippen LogP contribution < -0.4 is 16.1 Å². The van der Waals surface area contributed by atoms with Crippen LogP contribution in [0.3, 0.4) is 0 Å². The Hall–Kier alpha value is -5.45. The number of allylic oxidation sites excluding steroid dienone is 6. The summed E-state index contributed by atoms with van der Waals surface area (Å²) in [5, 5.41) is 29.2. The Morgan fingerprint density at radius 1 is 1.08 bits per heavy atom. The van der Waals surface area contributed by atoms with Crippen LogP contribution in [0.1, 0.15) is 72.3 Å². The number of rotatable bonds is 10. The van der Waals surface area contributed by atoms with Gasteiger partial charge in [0.1, 0.15) is 41.6 Å². The molecule has 0 aliphatic carbocycles. The van der Waals surface area contributed by atoms with Crippen molar-refractivity contribution >= 4 is 35.4 Å². The smallest absolute Gasteiger partial charge is 0.325 e. The third kappa shape index (κ3) is 15.0. The number of aromatic hydroxyl groups is 1. The number of carbonyl (C=O) groups is 6. The van der Waals surface area contributed by atoms with Crippen molar-refractivity contribution in [3.05, 3.63) is 89.3 Å². The number of amides is 4. The SMILES string of the molecule is CON(C)C(=O)/C=C/C=C(\C)[C@@H]1C/C=C/C=C/C=C(\C)[C@@H](O)[C@@H](CCC(C)=O)C(=O)N[C@@H](C(C)C)C(=O)N[C@@H](Cc2cc(O)cc(F)c2)C(=O)N2CCCC(N2)C(=O)O1. The zero-order valence-electron chi connectivity index (χ0n) is 34.8.